The quantitative estimate of drug-likeness (QED) is 0.352. The van der Waals surface area contributed by atoms with Gasteiger partial charge in [-0.25, -0.2) is 22.4 Å². The predicted molar refractivity (Wildman–Crippen MR) is 130 cm³/mol. The molecule has 0 N–H and O–H groups in total. The van der Waals surface area contributed by atoms with Crippen LogP contribution in [-0.2, 0) is 24.3 Å². The van der Waals surface area contributed by atoms with Crippen LogP contribution in [0, 0.1) is 6.92 Å². The van der Waals surface area contributed by atoms with Gasteiger partial charge in [-0.3, -0.25) is 14.0 Å². The molecule has 1 aliphatic heterocycles. The first-order valence-corrected chi connectivity index (χ1v) is 13.1. The molecule has 0 spiro atoms. The average Bonchev–Trinajstić information content (AvgIpc) is 3.49. The highest BCUT2D eigenvalue weighted by atomic mass is 79.9. The molecule has 1 aromatic carbocycles. The third-order valence-corrected chi connectivity index (χ3v) is 8.39. The van der Waals surface area contributed by atoms with E-state index in [0.717, 1.165) is 9.54 Å². The molecule has 5 rings (SSSR count). The average molecular weight is 560 g/mol. The SMILES string of the molecule is CC(=O)OC1CC(c2nc(Br)c3cnc4c(ccn4S(=O)(=O)c4ccc(C)cc4)n23)N(C(C)=O)C1. The molecule has 0 aliphatic carbocycles. The van der Waals surface area contributed by atoms with Crippen molar-refractivity contribution in [2.75, 3.05) is 6.54 Å². The topological polar surface area (TPSA) is 116 Å². The number of carbonyl (C=O) groups excluding carboxylic acids is 2. The molecular formula is C23H22BrN5O5S. The largest absolute Gasteiger partial charge is 0.461 e. The number of likely N-dealkylation sites (tertiary alicyclic amines) is 1. The van der Waals surface area contributed by atoms with Gasteiger partial charge in [0.05, 0.1) is 34.7 Å². The number of hydrogen-bond acceptors (Lipinski definition) is 7. The standard InChI is InChI=1S/C23H22BrN5O5S/c1-13-4-6-17(7-5-13)35(32,33)28-9-8-18-22(28)25-11-20-21(24)26-23(29(18)20)19-10-16(34-15(3)31)12-27(19)14(2)30/h4-9,11,16,19H,10,12H2,1-3H3. The van der Waals surface area contributed by atoms with E-state index >= 15 is 0 Å². The van der Waals surface area contributed by atoms with Crippen LogP contribution in [0.25, 0.3) is 16.7 Å². The van der Waals surface area contributed by atoms with E-state index in [0.29, 0.717) is 27.9 Å². The van der Waals surface area contributed by atoms with E-state index < -0.39 is 28.1 Å². The van der Waals surface area contributed by atoms with Crippen LogP contribution >= 0.6 is 15.9 Å². The van der Waals surface area contributed by atoms with Crippen molar-refractivity contribution in [3.8, 4) is 0 Å². The second-order valence-corrected chi connectivity index (χ2v) is 11.1. The van der Waals surface area contributed by atoms with Crippen molar-refractivity contribution < 1.29 is 22.7 Å². The summed E-state index contributed by atoms with van der Waals surface area (Å²) in [6.07, 6.45) is 2.91. The zero-order chi connectivity index (χ0) is 25.1. The number of aromatic nitrogens is 4. The molecule has 10 nitrogen and oxygen atoms in total. The molecule has 1 saturated heterocycles. The molecule has 0 radical (unpaired) electrons. The van der Waals surface area contributed by atoms with Crippen molar-refractivity contribution in [2.45, 2.75) is 44.2 Å². The van der Waals surface area contributed by atoms with Crippen molar-refractivity contribution in [2.24, 2.45) is 0 Å². The minimum atomic E-state index is -3.89. The summed E-state index contributed by atoms with van der Waals surface area (Å²) >= 11 is 3.47. The minimum absolute atomic E-state index is 0.150. The van der Waals surface area contributed by atoms with Gasteiger partial charge in [-0.1, -0.05) is 17.7 Å². The summed E-state index contributed by atoms with van der Waals surface area (Å²) in [4.78, 5) is 34.8. The van der Waals surface area contributed by atoms with Crippen molar-refractivity contribution >= 4 is 54.5 Å². The van der Waals surface area contributed by atoms with Crippen molar-refractivity contribution in [3.05, 3.63) is 58.7 Å². The molecule has 12 heteroatoms. The van der Waals surface area contributed by atoms with Crippen LogP contribution in [0.2, 0.25) is 0 Å². The first kappa shape index (κ1) is 23.5. The number of carbonyl (C=O) groups is 2. The van der Waals surface area contributed by atoms with Gasteiger partial charge < -0.3 is 9.64 Å². The first-order valence-electron chi connectivity index (χ1n) is 10.9. The number of fused-ring (bicyclic) bond motifs is 3. The van der Waals surface area contributed by atoms with Gasteiger partial charge in [0.25, 0.3) is 10.0 Å². The molecule has 3 aromatic heterocycles. The van der Waals surface area contributed by atoms with Gasteiger partial charge in [0.15, 0.2) is 5.65 Å². The number of imidazole rings is 1. The van der Waals surface area contributed by atoms with E-state index in [2.05, 4.69) is 25.9 Å². The number of aryl methyl sites for hydroxylation is 1. The maximum absolute atomic E-state index is 13.4. The lowest BCUT2D eigenvalue weighted by Gasteiger charge is -2.22. The third-order valence-electron chi connectivity index (χ3n) is 6.13. The van der Waals surface area contributed by atoms with Crippen LogP contribution in [0.5, 0.6) is 0 Å². The highest BCUT2D eigenvalue weighted by molar-refractivity contribution is 9.10. The Labute approximate surface area is 209 Å². The zero-order valence-corrected chi connectivity index (χ0v) is 21.6. The Morgan fingerprint density at radius 3 is 2.49 bits per heavy atom. The molecule has 1 aliphatic rings. The summed E-state index contributed by atoms with van der Waals surface area (Å²) in [5.74, 6) is -0.0738. The second-order valence-electron chi connectivity index (χ2n) is 8.53. The minimum Gasteiger partial charge on any atom is -0.461 e. The molecule has 0 saturated carbocycles. The van der Waals surface area contributed by atoms with Crippen LogP contribution < -0.4 is 0 Å². The molecule has 2 atom stereocenters. The Morgan fingerprint density at radius 2 is 1.83 bits per heavy atom. The number of ether oxygens (including phenoxy) is 1. The van der Waals surface area contributed by atoms with E-state index in [9.17, 15) is 18.0 Å². The molecule has 2 unspecified atom stereocenters. The number of esters is 1. The molecule has 35 heavy (non-hydrogen) atoms. The number of amides is 1. The first-order chi connectivity index (χ1) is 16.6. The van der Waals surface area contributed by atoms with Gasteiger partial charge in [0, 0.05) is 26.5 Å². The number of halogens is 1. The lowest BCUT2D eigenvalue weighted by molar-refractivity contribution is -0.146. The van der Waals surface area contributed by atoms with E-state index in [-0.39, 0.29) is 23.0 Å². The molecule has 0 bridgehead atoms. The van der Waals surface area contributed by atoms with E-state index in [1.807, 2.05) is 6.92 Å². The Bertz CT molecular complexity index is 1590. The fourth-order valence-corrected chi connectivity index (χ4v) is 6.31. The van der Waals surface area contributed by atoms with E-state index in [4.69, 9.17) is 4.74 Å². The molecule has 4 aromatic rings. The summed E-state index contributed by atoms with van der Waals surface area (Å²) < 4.78 is 35.6. The van der Waals surface area contributed by atoms with Gasteiger partial charge in [0.1, 0.15) is 16.5 Å². The zero-order valence-electron chi connectivity index (χ0n) is 19.2. The smallest absolute Gasteiger partial charge is 0.302 e. The van der Waals surface area contributed by atoms with E-state index in [1.165, 1.54) is 20.0 Å². The van der Waals surface area contributed by atoms with Gasteiger partial charge in [-0.05, 0) is 41.1 Å². The predicted octanol–water partition coefficient (Wildman–Crippen LogP) is 3.22. The lowest BCUT2D eigenvalue weighted by Crippen LogP contribution is -2.31. The fraction of sp³-hybridized carbons (Fsp3) is 0.304. The summed E-state index contributed by atoms with van der Waals surface area (Å²) in [5, 5.41) is 0. The Kier molecular flexibility index (Phi) is 5.67. The molecule has 1 amide bonds. The number of benzene rings is 1. The Balaban J connectivity index is 1.67. The van der Waals surface area contributed by atoms with Crippen LogP contribution in [0.15, 0.2) is 52.2 Å². The molecule has 182 valence electrons. The third kappa shape index (κ3) is 3.90. The van der Waals surface area contributed by atoms with Crippen LogP contribution in [0.4, 0.5) is 0 Å². The number of rotatable bonds is 4. The number of nitrogens with zero attached hydrogens (tertiary/aromatic N) is 5. The van der Waals surface area contributed by atoms with Gasteiger partial charge in [-0.15, -0.1) is 0 Å². The highest BCUT2D eigenvalue weighted by Crippen LogP contribution is 2.37. The molecular weight excluding hydrogens is 538 g/mol. The van der Waals surface area contributed by atoms with Gasteiger partial charge >= 0.3 is 5.97 Å². The van der Waals surface area contributed by atoms with Crippen LogP contribution in [-0.4, -0.2) is 56.2 Å². The second kappa shape index (κ2) is 8.45. The number of hydrogen-bond donors (Lipinski definition) is 0. The van der Waals surface area contributed by atoms with Crippen molar-refractivity contribution in [1.29, 1.82) is 0 Å². The Hall–Kier alpha value is -3.25. The molecule has 4 heterocycles. The normalized spacial score (nSPS) is 18.5. The summed E-state index contributed by atoms with van der Waals surface area (Å²) in [6, 6.07) is 7.80. The van der Waals surface area contributed by atoms with Crippen molar-refractivity contribution in [3.63, 3.8) is 0 Å². The molecule has 1 fully saturated rings. The van der Waals surface area contributed by atoms with Gasteiger partial charge in [0.2, 0.25) is 5.91 Å². The highest BCUT2D eigenvalue weighted by Gasteiger charge is 2.39. The maximum Gasteiger partial charge on any atom is 0.302 e. The summed E-state index contributed by atoms with van der Waals surface area (Å²) in [6.45, 7) is 4.93. The monoisotopic (exact) mass is 559 g/mol. The Morgan fingerprint density at radius 1 is 1.11 bits per heavy atom. The summed E-state index contributed by atoms with van der Waals surface area (Å²) in [7, 11) is -3.89. The fourth-order valence-electron chi connectivity index (χ4n) is 4.56. The lowest BCUT2D eigenvalue weighted by atomic mass is 10.2. The summed E-state index contributed by atoms with van der Waals surface area (Å²) in [5.41, 5.74) is 2.32. The van der Waals surface area contributed by atoms with Gasteiger partial charge in [-0.2, -0.15) is 0 Å². The maximum atomic E-state index is 13.4. The van der Waals surface area contributed by atoms with Crippen LogP contribution in [0.1, 0.15) is 37.7 Å². The van der Waals surface area contributed by atoms with E-state index in [1.54, 1.807) is 45.8 Å². The van der Waals surface area contributed by atoms with Crippen LogP contribution in [0.3, 0.4) is 0 Å². The van der Waals surface area contributed by atoms with Crippen molar-refractivity contribution in [1.82, 2.24) is 23.2 Å².